The van der Waals surface area contributed by atoms with Gasteiger partial charge >= 0.3 is 0 Å². The van der Waals surface area contributed by atoms with Gasteiger partial charge in [-0.25, -0.2) is 11.6 Å². The van der Waals surface area contributed by atoms with Crippen molar-refractivity contribution in [2.24, 2.45) is 0 Å². The van der Waals surface area contributed by atoms with Crippen LogP contribution in [0.5, 0.6) is 0 Å². The van der Waals surface area contributed by atoms with Crippen molar-refractivity contribution in [2.45, 2.75) is 0 Å². The van der Waals surface area contributed by atoms with Gasteiger partial charge in [-0.3, -0.25) is 0 Å². The summed E-state index contributed by atoms with van der Waals surface area (Å²) in [5.41, 5.74) is 0.970. The summed E-state index contributed by atoms with van der Waals surface area (Å²) in [5.74, 6) is 0.742. The third kappa shape index (κ3) is 1.98. The minimum absolute atomic E-state index is 0. The molecule has 0 amide bonds. The molecule has 0 aliphatic carbocycles. The molecule has 1 nitrogen and oxygen atoms in total. The van der Waals surface area contributed by atoms with Crippen molar-refractivity contribution >= 4 is 10.8 Å². The van der Waals surface area contributed by atoms with Gasteiger partial charge in [0.2, 0.25) is 0 Å². The van der Waals surface area contributed by atoms with Crippen LogP contribution in [0, 0.1) is 12.1 Å². The minimum Gasteiger partial charge on any atom is -0.590 e. The van der Waals surface area contributed by atoms with Gasteiger partial charge in [-0.05, 0) is 6.26 Å². The molecule has 0 saturated heterocycles. The first-order valence-corrected chi connectivity index (χ1v) is 4.80. The van der Waals surface area contributed by atoms with Crippen LogP contribution < -0.4 is 0 Å². The van der Waals surface area contributed by atoms with Gasteiger partial charge in [-0.1, -0.05) is 24.0 Å². The Morgan fingerprint density at radius 1 is 0.938 bits per heavy atom. The van der Waals surface area contributed by atoms with E-state index in [2.05, 4.69) is 24.3 Å². The smallest absolute Gasteiger partial charge is 0 e. The van der Waals surface area contributed by atoms with Crippen molar-refractivity contribution in [3.8, 4) is 11.3 Å². The predicted molar refractivity (Wildman–Crippen MR) is 59.3 cm³/mol. The summed E-state index contributed by atoms with van der Waals surface area (Å²) in [7, 11) is 0. The molecule has 0 atom stereocenters. The van der Waals surface area contributed by atoms with Gasteiger partial charge in [0, 0.05) is 32.7 Å². The van der Waals surface area contributed by atoms with E-state index < -0.39 is 0 Å². The second-order valence-electron chi connectivity index (χ2n) is 3.33. The van der Waals surface area contributed by atoms with Gasteiger partial charge in [-0.15, -0.1) is 23.6 Å². The average Bonchev–Trinajstić information content (AvgIpc) is 2.82. The zero-order chi connectivity index (χ0) is 10.1. The molecular formula is C14H8OY-2. The molecular weight excluding hydrogens is 273 g/mol. The molecule has 3 aromatic rings. The molecule has 1 radical (unpaired) electrons. The van der Waals surface area contributed by atoms with E-state index in [0.717, 1.165) is 16.7 Å². The SMILES string of the molecule is [Y].[c-]1ccoc1-c1[c-]ccc2ccccc12. The molecule has 0 saturated carbocycles. The summed E-state index contributed by atoms with van der Waals surface area (Å²) < 4.78 is 5.34. The van der Waals surface area contributed by atoms with Gasteiger partial charge < -0.3 is 4.42 Å². The second-order valence-corrected chi connectivity index (χ2v) is 3.33. The Morgan fingerprint density at radius 2 is 1.81 bits per heavy atom. The third-order valence-electron chi connectivity index (χ3n) is 2.42. The molecule has 0 aliphatic rings. The van der Waals surface area contributed by atoms with Crippen LogP contribution in [0.2, 0.25) is 0 Å². The molecule has 2 aromatic carbocycles. The van der Waals surface area contributed by atoms with Crippen LogP contribution in [-0.2, 0) is 32.7 Å². The topological polar surface area (TPSA) is 13.1 Å². The van der Waals surface area contributed by atoms with E-state index in [4.69, 9.17) is 4.42 Å². The number of fused-ring (bicyclic) bond motifs is 1. The number of benzene rings is 2. The summed E-state index contributed by atoms with van der Waals surface area (Å²) in [5, 5.41) is 2.34. The van der Waals surface area contributed by atoms with Gasteiger partial charge in [0.1, 0.15) is 0 Å². The van der Waals surface area contributed by atoms with Crippen molar-refractivity contribution in [2.75, 3.05) is 0 Å². The van der Waals surface area contributed by atoms with Crippen molar-refractivity contribution < 1.29 is 37.1 Å². The first-order valence-electron chi connectivity index (χ1n) is 4.80. The Labute approximate surface area is 119 Å². The molecule has 0 aliphatic heterocycles. The first kappa shape index (κ1) is 11.6. The molecule has 0 bridgehead atoms. The van der Waals surface area contributed by atoms with Crippen LogP contribution in [-0.4, -0.2) is 0 Å². The molecule has 2 heteroatoms. The number of rotatable bonds is 1. The molecule has 1 aromatic heterocycles. The van der Waals surface area contributed by atoms with E-state index in [1.54, 1.807) is 12.3 Å². The molecule has 0 N–H and O–H groups in total. The fourth-order valence-corrected chi connectivity index (χ4v) is 1.73. The Hall–Kier alpha value is -0.916. The predicted octanol–water partition coefficient (Wildman–Crippen LogP) is 3.70. The zero-order valence-corrected chi connectivity index (χ0v) is 11.4. The molecule has 1 heterocycles. The van der Waals surface area contributed by atoms with E-state index in [1.165, 1.54) is 5.39 Å². The molecule has 16 heavy (non-hydrogen) atoms. The van der Waals surface area contributed by atoms with E-state index in [9.17, 15) is 0 Å². The van der Waals surface area contributed by atoms with Gasteiger partial charge in [0.15, 0.2) is 0 Å². The Bertz CT molecular complexity index is 579. The van der Waals surface area contributed by atoms with Crippen LogP contribution in [0.25, 0.3) is 22.1 Å². The number of hydrogen-bond acceptors (Lipinski definition) is 1. The summed E-state index contributed by atoms with van der Waals surface area (Å²) in [6.45, 7) is 0. The van der Waals surface area contributed by atoms with Crippen molar-refractivity contribution in [1.29, 1.82) is 0 Å². The number of hydrogen-bond donors (Lipinski definition) is 0. The van der Waals surface area contributed by atoms with Crippen LogP contribution in [0.15, 0.2) is 53.1 Å². The molecule has 0 unspecified atom stereocenters. The van der Waals surface area contributed by atoms with Gasteiger partial charge in [0.05, 0.1) is 0 Å². The normalized spacial score (nSPS) is 10.0. The van der Waals surface area contributed by atoms with E-state index in [-0.39, 0.29) is 32.7 Å². The first-order chi connectivity index (χ1) is 7.45. The van der Waals surface area contributed by atoms with Crippen molar-refractivity contribution in [1.82, 2.24) is 0 Å². The van der Waals surface area contributed by atoms with Crippen LogP contribution in [0.1, 0.15) is 0 Å². The fourth-order valence-electron chi connectivity index (χ4n) is 1.73. The summed E-state index contributed by atoms with van der Waals surface area (Å²) in [6, 6.07) is 20.1. The van der Waals surface area contributed by atoms with E-state index in [1.807, 2.05) is 24.3 Å². The maximum absolute atomic E-state index is 5.34. The van der Waals surface area contributed by atoms with Gasteiger partial charge in [-0.2, -0.15) is 17.5 Å². The summed E-state index contributed by atoms with van der Waals surface area (Å²) >= 11 is 0. The fraction of sp³-hybridized carbons (Fsp3) is 0. The van der Waals surface area contributed by atoms with Crippen molar-refractivity contribution in [3.63, 3.8) is 0 Å². The Morgan fingerprint density at radius 3 is 2.62 bits per heavy atom. The maximum atomic E-state index is 5.34. The third-order valence-corrected chi connectivity index (χ3v) is 2.42. The van der Waals surface area contributed by atoms with E-state index in [0.29, 0.717) is 0 Å². The largest absolute Gasteiger partial charge is 0.590 e. The average molecular weight is 281 g/mol. The Balaban J connectivity index is 0.000000963. The van der Waals surface area contributed by atoms with Gasteiger partial charge in [0.25, 0.3) is 0 Å². The van der Waals surface area contributed by atoms with Crippen LogP contribution in [0.4, 0.5) is 0 Å². The minimum atomic E-state index is 0. The standard InChI is InChI=1S/C14H8O.Y/c1-2-7-12-11(5-1)6-3-8-13(12)14-9-4-10-15-14;/h1-7,10H;/q-2;. The summed E-state index contributed by atoms with van der Waals surface area (Å²) in [6.07, 6.45) is 1.63. The van der Waals surface area contributed by atoms with E-state index >= 15 is 0 Å². The Kier molecular flexibility index (Phi) is 3.57. The van der Waals surface area contributed by atoms with Crippen molar-refractivity contribution in [3.05, 3.63) is 60.9 Å². The molecule has 3 rings (SSSR count). The molecule has 0 fully saturated rings. The van der Waals surface area contributed by atoms with Crippen LogP contribution >= 0.6 is 0 Å². The molecule has 0 spiro atoms. The monoisotopic (exact) mass is 281 g/mol. The number of furan rings is 1. The quantitative estimate of drug-likeness (QED) is 0.620. The second kappa shape index (κ2) is 4.94. The van der Waals surface area contributed by atoms with Crippen LogP contribution in [0.3, 0.4) is 0 Å². The zero-order valence-electron chi connectivity index (χ0n) is 8.60. The summed E-state index contributed by atoms with van der Waals surface area (Å²) in [4.78, 5) is 0. The maximum Gasteiger partial charge on any atom is 0 e. The molecule has 75 valence electrons.